The minimum Gasteiger partial charge on any atom is -0.486 e. The number of hydrogen-bond acceptors (Lipinski definition) is 3. The van der Waals surface area contributed by atoms with Crippen molar-refractivity contribution in [3.8, 4) is 5.75 Å². The normalized spacial score (nSPS) is 32.0. The summed E-state index contributed by atoms with van der Waals surface area (Å²) in [4.78, 5) is 0. The first-order chi connectivity index (χ1) is 8.19. The summed E-state index contributed by atoms with van der Waals surface area (Å²) in [5.41, 5.74) is 6.86. The van der Waals surface area contributed by atoms with E-state index in [1.165, 1.54) is 24.3 Å². The smallest absolute Gasteiger partial charge is 0.125 e. The monoisotopic (exact) mass is 253 g/mol. The van der Waals surface area contributed by atoms with Crippen LogP contribution in [0.2, 0.25) is 0 Å². The molecule has 1 saturated heterocycles. The molecule has 92 valence electrons. The molecule has 4 heteroatoms. The van der Waals surface area contributed by atoms with Crippen LogP contribution in [-0.4, -0.2) is 17.1 Å². The van der Waals surface area contributed by atoms with E-state index in [1.807, 2.05) is 11.8 Å². The molecule has 1 aromatic rings. The molecule has 3 rings (SSSR count). The van der Waals surface area contributed by atoms with Crippen molar-refractivity contribution in [2.45, 2.75) is 30.9 Å². The SMILES string of the molecule is N[C@H]1CC2(CCCSC2)Oc2ccc(F)cc21. The third-order valence-electron chi connectivity index (χ3n) is 3.58. The van der Waals surface area contributed by atoms with Gasteiger partial charge in [0.1, 0.15) is 17.2 Å². The predicted molar refractivity (Wildman–Crippen MR) is 67.9 cm³/mol. The first-order valence-electron chi connectivity index (χ1n) is 6.00. The average molecular weight is 253 g/mol. The zero-order valence-electron chi connectivity index (χ0n) is 9.62. The standard InChI is InChI=1S/C13H16FNOS/c14-9-2-3-12-10(6-9)11(15)7-13(16-12)4-1-5-17-8-13/h2-3,6,11H,1,4-5,7-8,15H2/t11-,13?/m0/s1. The quantitative estimate of drug-likeness (QED) is 0.772. The molecule has 1 unspecified atom stereocenters. The van der Waals surface area contributed by atoms with Crippen LogP contribution < -0.4 is 10.5 Å². The Morgan fingerprint density at radius 1 is 1.47 bits per heavy atom. The van der Waals surface area contributed by atoms with Gasteiger partial charge < -0.3 is 10.5 Å². The van der Waals surface area contributed by atoms with Gasteiger partial charge in [0, 0.05) is 23.8 Å². The van der Waals surface area contributed by atoms with Crippen LogP contribution in [0.3, 0.4) is 0 Å². The number of rotatable bonds is 0. The highest BCUT2D eigenvalue weighted by Crippen LogP contribution is 2.44. The summed E-state index contributed by atoms with van der Waals surface area (Å²) in [6.07, 6.45) is 3.04. The molecule has 2 aliphatic rings. The van der Waals surface area contributed by atoms with Gasteiger partial charge in [-0.15, -0.1) is 0 Å². The second-order valence-electron chi connectivity index (χ2n) is 4.93. The first-order valence-corrected chi connectivity index (χ1v) is 7.16. The summed E-state index contributed by atoms with van der Waals surface area (Å²) >= 11 is 1.93. The lowest BCUT2D eigenvalue weighted by Gasteiger charge is -2.43. The van der Waals surface area contributed by atoms with E-state index >= 15 is 0 Å². The van der Waals surface area contributed by atoms with Crippen LogP contribution in [0.5, 0.6) is 5.75 Å². The van der Waals surface area contributed by atoms with Crippen molar-refractivity contribution >= 4 is 11.8 Å². The van der Waals surface area contributed by atoms with Crippen molar-refractivity contribution in [3.05, 3.63) is 29.6 Å². The Balaban J connectivity index is 1.94. The van der Waals surface area contributed by atoms with E-state index < -0.39 is 0 Å². The Hall–Kier alpha value is -0.740. The third-order valence-corrected chi connectivity index (χ3v) is 4.88. The number of ether oxygens (including phenoxy) is 1. The Morgan fingerprint density at radius 3 is 3.12 bits per heavy atom. The van der Waals surface area contributed by atoms with E-state index in [2.05, 4.69) is 0 Å². The van der Waals surface area contributed by atoms with Gasteiger partial charge in [-0.25, -0.2) is 4.39 Å². The van der Waals surface area contributed by atoms with E-state index in [-0.39, 0.29) is 17.5 Å². The van der Waals surface area contributed by atoms with Crippen molar-refractivity contribution in [1.82, 2.24) is 0 Å². The second kappa shape index (κ2) is 4.18. The van der Waals surface area contributed by atoms with Crippen molar-refractivity contribution in [2.75, 3.05) is 11.5 Å². The fourth-order valence-corrected chi connectivity index (χ4v) is 3.94. The number of halogens is 1. The van der Waals surface area contributed by atoms with Crippen molar-refractivity contribution < 1.29 is 9.13 Å². The minimum atomic E-state index is -0.239. The molecule has 0 aromatic heterocycles. The topological polar surface area (TPSA) is 35.2 Å². The van der Waals surface area contributed by atoms with Gasteiger partial charge in [0.2, 0.25) is 0 Å². The molecular formula is C13H16FNOS. The highest BCUT2D eigenvalue weighted by atomic mass is 32.2. The lowest BCUT2D eigenvalue weighted by atomic mass is 9.85. The molecule has 17 heavy (non-hydrogen) atoms. The van der Waals surface area contributed by atoms with Gasteiger partial charge in [-0.05, 0) is 36.8 Å². The zero-order chi connectivity index (χ0) is 11.9. The maximum atomic E-state index is 13.2. The zero-order valence-corrected chi connectivity index (χ0v) is 10.4. The fourth-order valence-electron chi connectivity index (χ4n) is 2.76. The maximum absolute atomic E-state index is 13.2. The molecule has 2 atom stereocenters. The van der Waals surface area contributed by atoms with Gasteiger partial charge in [-0.2, -0.15) is 11.8 Å². The number of thioether (sulfide) groups is 1. The summed E-state index contributed by atoms with van der Waals surface area (Å²) < 4.78 is 19.3. The molecule has 1 aromatic carbocycles. The number of fused-ring (bicyclic) bond motifs is 1. The van der Waals surface area contributed by atoms with Crippen LogP contribution in [0.15, 0.2) is 18.2 Å². The number of nitrogens with two attached hydrogens (primary N) is 1. The van der Waals surface area contributed by atoms with Crippen LogP contribution in [0.1, 0.15) is 30.9 Å². The van der Waals surface area contributed by atoms with E-state index in [0.29, 0.717) is 0 Å². The lowest BCUT2D eigenvalue weighted by molar-refractivity contribution is 0.0470. The third kappa shape index (κ3) is 2.04. The summed E-state index contributed by atoms with van der Waals surface area (Å²) in [5.74, 6) is 2.73. The van der Waals surface area contributed by atoms with Crippen LogP contribution in [0.25, 0.3) is 0 Å². The van der Waals surface area contributed by atoms with Crippen LogP contribution in [0, 0.1) is 5.82 Å². The molecule has 0 radical (unpaired) electrons. The number of benzene rings is 1. The summed E-state index contributed by atoms with van der Waals surface area (Å²) in [6, 6.07) is 4.56. The number of hydrogen-bond donors (Lipinski definition) is 1. The predicted octanol–water partition coefficient (Wildman–Crippen LogP) is 2.87. The van der Waals surface area contributed by atoms with Gasteiger partial charge in [0.15, 0.2) is 0 Å². The summed E-state index contributed by atoms with van der Waals surface area (Å²) in [6.45, 7) is 0. The van der Waals surface area contributed by atoms with Gasteiger partial charge >= 0.3 is 0 Å². The van der Waals surface area contributed by atoms with Gasteiger partial charge in [0.05, 0.1) is 0 Å². The second-order valence-corrected chi connectivity index (χ2v) is 6.04. The van der Waals surface area contributed by atoms with Crippen LogP contribution in [0.4, 0.5) is 4.39 Å². The summed E-state index contributed by atoms with van der Waals surface area (Å²) in [5, 5.41) is 0. The van der Waals surface area contributed by atoms with E-state index in [0.717, 1.165) is 29.9 Å². The molecule has 2 aliphatic heterocycles. The highest BCUT2D eigenvalue weighted by Gasteiger charge is 2.41. The van der Waals surface area contributed by atoms with Crippen molar-refractivity contribution in [3.63, 3.8) is 0 Å². The summed E-state index contributed by atoms with van der Waals surface area (Å²) in [7, 11) is 0. The molecule has 0 amide bonds. The Bertz CT molecular complexity index is 431. The minimum absolute atomic E-state index is 0.104. The maximum Gasteiger partial charge on any atom is 0.125 e. The van der Waals surface area contributed by atoms with E-state index in [4.69, 9.17) is 10.5 Å². The molecule has 0 aliphatic carbocycles. The van der Waals surface area contributed by atoms with Gasteiger partial charge in [0.25, 0.3) is 0 Å². The molecule has 2 nitrogen and oxygen atoms in total. The van der Waals surface area contributed by atoms with Gasteiger partial charge in [-0.3, -0.25) is 0 Å². The average Bonchev–Trinajstić information content (AvgIpc) is 2.31. The molecular weight excluding hydrogens is 237 g/mol. The lowest BCUT2D eigenvalue weighted by Crippen LogP contribution is -2.46. The van der Waals surface area contributed by atoms with Crippen molar-refractivity contribution in [1.29, 1.82) is 0 Å². The molecule has 2 heterocycles. The van der Waals surface area contributed by atoms with E-state index in [1.54, 1.807) is 6.07 Å². The molecule has 2 N–H and O–H groups in total. The molecule has 0 bridgehead atoms. The molecule has 0 saturated carbocycles. The van der Waals surface area contributed by atoms with Crippen LogP contribution in [-0.2, 0) is 0 Å². The van der Waals surface area contributed by atoms with Crippen LogP contribution >= 0.6 is 11.8 Å². The fraction of sp³-hybridized carbons (Fsp3) is 0.538. The van der Waals surface area contributed by atoms with E-state index in [9.17, 15) is 4.39 Å². The Morgan fingerprint density at radius 2 is 2.35 bits per heavy atom. The Kier molecular flexibility index (Phi) is 2.79. The molecule has 1 fully saturated rings. The largest absolute Gasteiger partial charge is 0.486 e. The van der Waals surface area contributed by atoms with Gasteiger partial charge in [-0.1, -0.05) is 0 Å². The Labute approximate surface area is 105 Å². The first kappa shape index (κ1) is 11.4. The van der Waals surface area contributed by atoms with Crippen molar-refractivity contribution in [2.24, 2.45) is 5.73 Å². The molecule has 1 spiro atoms. The highest BCUT2D eigenvalue weighted by molar-refractivity contribution is 7.99.